The Hall–Kier alpha value is 0.210. The normalized spacial score (nSPS) is 13.6. The van der Waals surface area contributed by atoms with Crippen LogP contribution in [0.25, 0.3) is 0 Å². The van der Waals surface area contributed by atoms with Gasteiger partial charge in [0.2, 0.25) is 0 Å². The summed E-state index contributed by atoms with van der Waals surface area (Å²) in [6.07, 6.45) is 2.41. The molecular formula is C10H22ClNO. The van der Waals surface area contributed by atoms with Gasteiger partial charge in [0, 0.05) is 19.0 Å². The number of unbranched alkanes of at least 4 members (excludes halogenated alkanes) is 1. The Labute approximate surface area is 86.9 Å². The van der Waals surface area contributed by atoms with E-state index >= 15 is 0 Å². The lowest BCUT2D eigenvalue weighted by molar-refractivity contribution is 0.180. The molecule has 0 aliphatic carbocycles. The van der Waals surface area contributed by atoms with Crippen molar-refractivity contribution in [2.45, 2.75) is 26.7 Å². The molecule has 0 aromatic rings. The Balaban J connectivity index is 3.65. The summed E-state index contributed by atoms with van der Waals surface area (Å²) in [6, 6.07) is 0. The lowest BCUT2D eigenvalue weighted by Gasteiger charge is -2.23. The quantitative estimate of drug-likeness (QED) is 0.616. The summed E-state index contributed by atoms with van der Waals surface area (Å²) in [5, 5.41) is 8.85. The van der Waals surface area contributed by atoms with E-state index in [0.29, 0.717) is 11.8 Å². The fourth-order valence-corrected chi connectivity index (χ4v) is 1.40. The molecule has 0 heterocycles. The van der Waals surface area contributed by atoms with Gasteiger partial charge in [-0.2, -0.15) is 0 Å². The van der Waals surface area contributed by atoms with Gasteiger partial charge < -0.3 is 10.0 Å². The Morgan fingerprint density at radius 3 is 2.54 bits per heavy atom. The number of hydrogen-bond acceptors (Lipinski definition) is 2. The molecule has 0 aliphatic heterocycles. The van der Waals surface area contributed by atoms with Crippen LogP contribution in [0.4, 0.5) is 0 Å². The topological polar surface area (TPSA) is 23.5 Å². The van der Waals surface area contributed by atoms with Crippen LogP contribution in [0, 0.1) is 5.92 Å². The fraction of sp³-hybridized carbons (Fsp3) is 1.00. The maximum absolute atomic E-state index is 8.85. The molecule has 0 aliphatic rings. The van der Waals surface area contributed by atoms with Crippen molar-refractivity contribution < 1.29 is 5.11 Å². The van der Waals surface area contributed by atoms with Crippen molar-refractivity contribution in [3.63, 3.8) is 0 Å². The highest BCUT2D eigenvalue weighted by molar-refractivity contribution is 6.18. The number of aliphatic hydroxyl groups is 1. The number of hydrogen-bond donors (Lipinski definition) is 1. The Morgan fingerprint density at radius 2 is 2.08 bits per heavy atom. The summed E-state index contributed by atoms with van der Waals surface area (Å²) in [7, 11) is 0. The predicted octanol–water partition coefficient (Wildman–Crippen LogP) is 1.96. The SMILES string of the molecule is CCCCN(CCO)CC(C)CCl. The number of aliphatic hydroxyl groups excluding tert-OH is 1. The van der Waals surface area contributed by atoms with Crippen LogP contribution < -0.4 is 0 Å². The molecular weight excluding hydrogens is 186 g/mol. The lowest BCUT2D eigenvalue weighted by atomic mass is 10.2. The van der Waals surface area contributed by atoms with Crippen molar-refractivity contribution in [1.82, 2.24) is 4.90 Å². The highest BCUT2D eigenvalue weighted by atomic mass is 35.5. The van der Waals surface area contributed by atoms with Crippen LogP contribution in [0.15, 0.2) is 0 Å². The third-order valence-electron chi connectivity index (χ3n) is 2.08. The van der Waals surface area contributed by atoms with E-state index in [4.69, 9.17) is 16.7 Å². The van der Waals surface area contributed by atoms with E-state index in [2.05, 4.69) is 18.7 Å². The summed E-state index contributed by atoms with van der Waals surface area (Å²) < 4.78 is 0. The first-order chi connectivity index (χ1) is 6.24. The van der Waals surface area contributed by atoms with Crippen molar-refractivity contribution in [2.24, 2.45) is 5.92 Å². The zero-order valence-electron chi connectivity index (χ0n) is 8.80. The maximum Gasteiger partial charge on any atom is 0.0558 e. The molecule has 0 aromatic carbocycles. The molecule has 13 heavy (non-hydrogen) atoms. The maximum atomic E-state index is 8.85. The minimum absolute atomic E-state index is 0.249. The summed E-state index contributed by atoms with van der Waals surface area (Å²) in [4.78, 5) is 2.29. The van der Waals surface area contributed by atoms with Crippen LogP contribution in [0.1, 0.15) is 26.7 Å². The van der Waals surface area contributed by atoms with Crippen LogP contribution in [-0.2, 0) is 0 Å². The lowest BCUT2D eigenvalue weighted by Crippen LogP contribution is -2.32. The van der Waals surface area contributed by atoms with E-state index in [0.717, 1.165) is 19.6 Å². The van der Waals surface area contributed by atoms with Gasteiger partial charge in [-0.15, -0.1) is 11.6 Å². The smallest absolute Gasteiger partial charge is 0.0558 e. The summed E-state index contributed by atoms with van der Waals surface area (Å²) in [5.74, 6) is 1.22. The van der Waals surface area contributed by atoms with Crippen LogP contribution in [0.3, 0.4) is 0 Å². The second-order valence-corrected chi connectivity index (χ2v) is 3.95. The Kier molecular flexibility index (Phi) is 8.93. The number of halogens is 1. The van der Waals surface area contributed by atoms with Gasteiger partial charge in [0.1, 0.15) is 0 Å². The molecule has 0 saturated carbocycles. The molecule has 80 valence electrons. The van der Waals surface area contributed by atoms with Crippen molar-refractivity contribution in [1.29, 1.82) is 0 Å². The molecule has 2 nitrogen and oxygen atoms in total. The Morgan fingerprint density at radius 1 is 1.38 bits per heavy atom. The van der Waals surface area contributed by atoms with Crippen LogP contribution in [-0.4, -0.2) is 42.1 Å². The monoisotopic (exact) mass is 207 g/mol. The van der Waals surface area contributed by atoms with E-state index in [1.165, 1.54) is 12.8 Å². The molecule has 0 rings (SSSR count). The van der Waals surface area contributed by atoms with Crippen molar-refractivity contribution in [3.05, 3.63) is 0 Å². The number of alkyl halides is 1. The van der Waals surface area contributed by atoms with E-state index in [1.807, 2.05) is 0 Å². The zero-order chi connectivity index (χ0) is 10.1. The average Bonchev–Trinajstić information content (AvgIpc) is 2.14. The number of rotatable bonds is 8. The zero-order valence-corrected chi connectivity index (χ0v) is 9.56. The van der Waals surface area contributed by atoms with Crippen LogP contribution in [0.2, 0.25) is 0 Å². The third-order valence-corrected chi connectivity index (χ3v) is 2.60. The molecule has 0 radical (unpaired) electrons. The van der Waals surface area contributed by atoms with Gasteiger partial charge in [-0.05, 0) is 18.9 Å². The summed E-state index contributed by atoms with van der Waals surface area (Å²) >= 11 is 5.74. The minimum atomic E-state index is 0.249. The highest BCUT2D eigenvalue weighted by Gasteiger charge is 2.07. The van der Waals surface area contributed by atoms with Gasteiger partial charge >= 0.3 is 0 Å². The Bertz CT molecular complexity index is 111. The molecule has 1 N–H and O–H groups in total. The van der Waals surface area contributed by atoms with E-state index in [1.54, 1.807) is 0 Å². The second-order valence-electron chi connectivity index (χ2n) is 3.64. The van der Waals surface area contributed by atoms with Crippen LogP contribution >= 0.6 is 11.6 Å². The largest absolute Gasteiger partial charge is 0.395 e. The standard InChI is InChI=1S/C10H22ClNO/c1-3-4-5-12(6-7-13)9-10(2)8-11/h10,13H,3-9H2,1-2H3. The van der Waals surface area contributed by atoms with Gasteiger partial charge in [-0.3, -0.25) is 0 Å². The molecule has 0 fully saturated rings. The molecule has 3 heteroatoms. The first-order valence-electron chi connectivity index (χ1n) is 5.13. The molecule has 1 unspecified atom stereocenters. The minimum Gasteiger partial charge on any atom is -0.395 e. The summed E-state index contributed by atoms with van der Waals surface area (Å²) in [6.45, 7) is 7.44. The number of nitrogens with zero attached hydrogens (tertiary/aromatic N) is 1. The molecule has 0 spiro atoms. The third kappa shape index (κ3) is 7.29. The van der Waals surface area contributed by atoms with Crippen LogP contribution in [0.5, 0.6) is 0 Å². The van der Waals surface area contributed by atoms with Gasteiger partial charge in [-0.25, -0.2) is 0 Å². The van der Waals surface area contributed by atoms with Crippen molar-refractivity contribution >= 4 is 11.6 Å². The summed E-state index contributed by atoms with van der Waals surface area (Å²) in [5.41, 5.74) is 0. The average molecular weight is 208 g/mol. The van der Waals surface area contributed by atoms with Crippen molar-refractivity contribution in [2.75, 3.05) is 32.1 Å². The van der Waals surface area contributed by atoms with Gasteiger partial charge in [0.15, 0.2) is 0 Å². The van der Waals surface area contributed by atoms with Gasteiger partial charge in [0.25, 0.3) is 0 Å². The first-order valence-corrected chi connectivity index (χ1v) is 5.67. The van der Waals surface area contributed by atoms with E-state index < -0.39 is 0 Å². The first kappa shape index (κ1) is 13.2. The van der Waals surface area contributed by atoms with Gasteiger partial charge in [-0.1, -0.05) is 20.3 Å². The van der Waals surface area contributed by atoms with E-state index in [9.17, 15) is 0 Å². The highest BCUT2D eigenvalue weighted by Crippen LogP contribution is 2.03. The van der Waals surface area contributed by atoms with E-state index in [-0.39, 0.29) is 6.61 Å². The molecule has 0 amide bonds. The molecule has 0 bridgehead atoms. The predicted molar refractivity (Wildman–Crippen MR) is 58.3 cm³/mol. The molecule has 0 saturated heterocycles. The molecule has 1 atom stereocenters. The second kappa shape index (κ2) is 8.79. The molecule has 0 aromatic heterocycles. The van der Waals surface area contributed by atoms with Gasteiger partial charge in [0.05, 0.1) is 6.61 Å². The van der Waals surface area contributed by atoms with Crippen molar-refractivity contribution in [3.8, 4) is 0 Å². The fourth-order valence-electron chi connectivity index (χ4n) is 1.31.